The third kappa shape index (κ3) is 3.80. The van der Waals surface area contributed by atoms with Crippen LogP contribution in [0.15, 0.2) is 15.9 Å². The Morgan fingerprint density at radius 3 is 2.86 bits per heavy atom. The van der Waals surface area contributed by atoms with Crippen LogP contribution in [0.3, 0.4) is 0 Å². The summed E-state index contributed by atoms with van der Waals surface area (Å²) < 4.78 is 1.14. The van der Waals surface area contributed by atoms with E-state index >= 15 is 0 Å². The lowest BCUT2D eigenvalue weighted by atomic mass is 10.0. The summed E-state index contributed by atoms with van der Waals surface area (Å²) >= 11 is 5.14. The summed E-state index contributed by atoms with van der Waals surface area (Å²) in [5.41, 5.74) is 0. The molecule has 14 heavy (non-hydrogen) atoms. The molecule has 0 aliphatic rings. The fourth-order valence-electron chi connectivity index (χ4n) is 1.29. The van der Waals surface area contributed by atoms with Gasteiger partial charge in [0.1, 0.15) is 0 Å². The second-order valence-corrected chi connectivity index (χ2v) is 5.82. The van der Waals surface area contributed by atoms with Crippen molar-refractivity contribution in [3.05, 3.63) is 20.8 Å². The van der Waals surface area contributed by atoms with Gasteiger partial charge in [0.25, 0.3) is 0 Å². The Kier molecular flexibility index (Phi) is 4.62. The highest BCUT2D eigenvalue weighted by Gasteiger charge is 2.08. The van der Waals surface area contributed by atoms with Crippen LogP contribution in [0.2, 0.25) is 0 Å². The molecule has 0 aliphatic heterocycles. The molecule has 0 aliphatic carbocycles. The summed E-state index contributed by atoms with van der Waals surface area (Å²) in [6.07, 6.45) is 1.97. The molecule has 0 saturated carbocycles. The SMILES string of the molecule is CC(CCCC(=O)O)c1ccc(Br)s1. The van der Waals surface area contributed by atoms with Gasteiger partial charge in [0.2, 0.25) is 0 Å². The van der Waals surface area contributed by atoms with E-state index in [0.717, 1.165) is 16.6 Å². The van der Waals surface area contributed by atoms with Gasteiger partial charge in [-0.15, -0.1) is 11.3 Å². The highest BCUT2D eigenvalue weighted by molar-refractivity contribution is 9.11. The molecule has 0 radical (unpaired) electrons. The van der Waals surface area contributed by atoms with Crippen LogP contribution < -0.4 is 0 Å². The number of halogens is 1. The van der Waals surface area contributed by atoms with Gasteiger partial charge in [-0.3, -0.25) is 4.79 Å². The van der Waals surface area contributed by atoms with Gasteiger partial charge in [0.15, 0.2) is 0 Å². The first-order valence-corrected chi connectivity index (χ1v) is 6.17. The van der Waals surface area contributed by atoms with E-state index in [-0.39, 0.29) is 6.42 Å². The smallest absolute Gasteiger partial charge is 0.303 e. The molecule has 0 saturated heterocycles. The molecule has 78 valence electrons. The first-order valence-electron chi connectivity index (χ1n) is 4.56. The molecule has 1 atom stereocenters. The van der Waals surface area contributed by atoms with E-state index in [4.69, 9.17) is 5.11 Å². The summed E-state index contributed by atoms with van der Waals surface area (Å²) in [5, 5.41) is 8.50. The predicted octanol–water partition coefficient (Wildman–Crippen LogP) is 3.87. The third-order valence-corrected chi connectivity index (χ3v) is 3.96. The average molecular weight is 277 g/mol. The summed E-state index contributed by atoms with van der Waals surface area (Å²) in [6, 6.07) is 4.13. The van der Waals surface area contributed by atoms with Crippen molar-refractivity contribution in [2.75, 3.05) is 0 Å². The van der Waals surface area contributed by atoms with E-state index in [1.807, 2.05) is 6.07 Å². The van der Waals surface area contributed by atoms with Gasteiger partial charge in [-0.05, 0) is 46.8 Å². The Morgan fingerprint density at radius 1 is 1.64 bits per heavy atom. The van der Waals surface area contributed by atoms with E-state index in [1.165, 1.54) is 4.88 Å². The third-order valence-electron chi connectivity index (χ3n) is 2.11. The Labute approximate surface area is 96.1 Å². The summed E-state index contributed by atoms with van der Waals surface area (Å²) in [5.74, 6) is -0.241. The van der Waals surface area contributed by atoms with Crippen molar-refractivity contribution in [1.82, 2.24) is 0 Å². The van der Waals surface area contributed by atoms with Gasteiger partial charge < -0.3 is 5.11 Å². The lowest BCUT2D eigenvalue weighted by Gasteiger charge is -2.07. The fraction of sp³-hybridized carbons (Fsp3) is 0.500. The zero-order valence-corrected chi connectivity index (χ0v) is 10.4. The number of carbonyl (C=O) groups is 1. The number of carboxylic acid groups (broad SMARTS) is 1. The maximum absolute atomic E-state index is 10.3. The normalized spacial score (nSPS) is 12.7. The van der Waals surface area contributed by atoms with E-state index < -0.39 is 5.97 Å². The minimum absolute atomic E-state index is 0.275. The molecule has 1 rings (SSSR count). The molecular formula is C10H13BrO2S. The van der Waals surface area contributed by atoms with E-state index in [9.17, 15) is 4.79 Å². The summed E-state index contributed by atoms with van der Waals surface area (Å²) in [7, 11) is 0. The molecule has 4 heteroatoms. The minimum Gasteiger partial charge on any atom is -0.481 e. The molecule has 1 aromatic heterocycles. The van der Waals surface area contributed by atoms with Crippen LogP contribution >= 0.6 is 27.3 Å². The van der Waals surface area contributed by atoms with Gasteiger partial charge in [0, 0.05) is 11.3 Å². The molecule has 0 amide bonds. The van der Waals surface area contributed by atoms with E-state index in [2.05, 4.69) is 28.9 Å². The lowest BCUT2D eigenvalue weighted by molar-refractivity contribution is -0.137. The molecule has 1 unspecified atom stereocenters. The molecule has 0 spiro atoms. The quantitative estimate of drug-likeness (QED) is 0.887. The van der Waals surface area contributed by atoms with Crippen LogP contribution in [0, 0.1) is 0 Å². The second kappa shape index (κ2) is 5.51. The standard InChI is InChI=1S/C10H13BrO2S/c1-7(3-2-4-10(12)13)8-5-6-9(11)14-8/h5-7H,2-4H2,1H3,(H,12,13). The van der Waals surface area contributed by atoms with Crippen molar-refractivity contribution in [2.24, 2.45) is 0 Å². The number of hydrogen-bond acceptors (Lipinski definition) is 2. The number of rotatable bonds is 5. The van der Waals surface area contributed by atoms with Crippen LogP contribution in [0.25, 0.3) is 0 Å². The van der Waals surface area contributed by atoms with Gasteiger partial charge >= 0.3 is 5.97 Å². The Balaban J connectivity index is 2.35. The highest BCUT2D eigenvalue weighted by atomic mass is 79.9. The zero-order chi connectivity index (χ0) is 10.6. The summed E-state index contributed by atoms with van der Waals surface area (Å²) in [6.45, 7) is 2.14. The zero-order valence-electron chi connectivity index (χ0n) is 8.00. The molecule has 0 fully saturated rings. The maximum Gasteiger partial charge on any atom is 0.303 e. The lowest BCUT2D eigenvalue weighted by Crippen LogP contribution is -1.96. The topological polar surface area (TPSA) is 37.3 Å². The Bertz CT molecular complexity index is 309. The van der Waals surface area contributed by atoms with Gasteiger partial charge in [-0.2, -0.15) is 0 Å². The molecule has 1 heterocycles. The molecule has 1 aromatic rings. The van der Waals surface area contributed by atoms with Crippen molar-refractivity contribution in [1.29, 1.82) is 0 Å². The average Bonchev–Trinajstić information content (AvgIpc) is 2.51. The van der Waals surface area contributed by atoms with Crippen molar-refractivity contribution in [3.8, 4) is 0 Å². The van der Waals surface area contributed by atoms with Crippen molar-refractivity contribution >= 4 is 33.2 Å². The molecule has 1 N–H and O–H groups in total. The number of aliphatic carboxylic acids is 1. The van der Waals surface area contributed by atoms with E-state index in [1.54, 1.807) is 11.3 Å². The number of thiophene rings is 1. The van der Waals surface area contributed by atoms with Gasteiger partial charge in [0.05, 0.1) is 3.79 Å². The molecule has 2 nitrogen and oxygen atoms in total. The highest BCUT2D eigenvalue weighted by Crippen LogP contribution is 2.30. The first-order chi connectivity index (χ1) is 6.59. The minimum atomic E-state index is -0.704. The van der Waals surface area contributed by atoms with Crippen molar-refractivity contribution in [2.45, 2.75) is 32.1 Å². The molecular weight excluding hydrogens is 264 g/mol. The number of hydrogen-bond donors (Lipinski definition) is 1. The van der Waals surface area contributed by atoms with Crippen LogP contribution in [0.1, 0.15) is 37.0 Å². The Morgan fingerprint density at radius 2 is 2.36 bits per heavy atom. The largest absolute Gasteiger partial charge is 0.481 e. The molecule has 0 aromatic carbocycles. The predicted molar refractivity (Wildman–Crippen MR) is 61.9 cm³/mol. The monoisotopic (exact) mass is 276 g/mol. The molecule has 0 bridgehead atoms. The maximum atomic E-state index is 10.3. The number of carboxylic acids is 1. The van der Waals surface area contributed by atoms with Crippen LogP contribution in [-0.4, -0.2) is 11.1 Å². The van der Waals surface area contributed by atoms with Crippen LogP contribution in [0.4, 0.5) is 0 Å². The van der Waals surface area contributed by atoms with Crippen LogP contribution in [0.5, 0.6) is 0 Å². The summed E-state index contributed by atoms with van der Waals surface area (Å²) in [4.78, 5) is 11.6. The first kappa shape index (κ1) is 11.7. The van der Waals surface area contributed by atoms with Crippen molar-refractivity contribution < 1.29 is 9.90 Å². The van der Waals surface area contributed by atoms with Gasteiger partial charge in [-0.25, -0.2) is 0 Å². The van der Waals surface area contributed by atoms with E-state index in [0.29, 0.717) is 5.92 Å². The van der Waals surface area contributed by atoms with Crippen LogP contribution in [-0.2, 0) is 4.79 Å². The Hall–Kier alpha value is -0.350. The van der Waals surface area contributed by atoms with Gasteiger partial charge in [-0.1, -0.05) is 6.92 Å². The fourth-order valence-corrected chi connectivity index (χ4v) is 2.80. The van der Waals surface area contributed by atoms with Crippen molar-refractivity contribution in [3.63, 3.8) is 0 Å². The second-order valence-electron chi connectivity index (χ2n) is 3.33.